The molecule has 1 aromatic carbocycles. The zero-order valence-corrected chi connectivity index (χ0v) is 7.30. The average molecular weight is 202 g/mol. The first-order valence-electron chi connectivity index (χ1n) is 3.74. The molecule has 0 N–H and O–H groups in total. The van der Waals surface area contributed by atoms with Crippen molar-refractivity contribution in [2.45, 2.75) is 6.30 Å². The van der Waals surface area contributed by atoms with E-state index in [0.717, 1.165) is 0 Å². The van der Waals surface area contributed by atoms with Crippen LogP contribution < -0.4 is 0 Å². The standard InChI is InChI=1S/C9H7F3NO/c1-13(9(10,11)12)8(14)7-5-3-2-4-6-7/h3-6H,1H3. The quantitative estimate of drug-likeness (QED) is 0.638. The molecule has 1 aromatic rings. The van der Waals surface area contributed by atoms with Gasteiger partial charge in [0, 0.05) is 12.6 Å². The molecular weight excluding hydrogens is 195 g/mol. The molecule has 2 nitrogen and oxygen atoms in total. The Morgan fingerprint density at radius 2 is 1.86 bits per heavy atom. The van der Waals surface area contributed by atoms with Gasteiger partial charge in [-0.1, -0.05) is 12.1 Å². The van der Waals surface area contributed by atoms with E-state index in [2.05, 4.69) is 6.07 Å². The third kappa shape index (κ3) is 2.25. The van der Waals surface area contributed by atoms with Crippen LogP contribution in [0, 0.1) is 6.07 Å². The van der Waals surface area contributed by atoms with Crippen molar-refractivity contribution in [1.29, 1.82) is 0 Å². The number of benzene rings is 1. The molecule has 75 valence electrons. The number of halogens is 3. The summed E-state index contributed by atoms with van der Waals surface area (Å²) >= 11 is 0. The van der Waals surface area contributed by atoms with Gasteiger partial charge in [0.05, 0.1) is 0 Å². The number of rotatable bonds is 1. The van der Waals surface area contributed by atoms with Gasteiger partial charge in [-0.3, -0.25) is 9.69 Å². The van der Waals surface area contributed by atoms with Gasteiger partial charge in [-0.15, -0.1) is 13.2 Å². The SMILES string of the molecule is CN(C(=O)c1cc[c]cc1)C(F)(F)F. The van der Waals surface area contributed by atoms with Crippen LogP contribution in [0.25, 0.3) is 0 Å². The van der Waals surface area contributed by atoms with Crippen molar-refractivity contribution in [2.24, 2.45) is 0 Å². The first-order chi connectivity index (χ1) is 6.43. The van der Waals surface area contributed by atoms with Crippen LogP contribution >= 0.6 is 0 Å². The summed E-state index contributed by atoms with van der Waals surface area (Å²) in [6.07, 6.45) is -4.64. The minimum atomic E-state index is -4.64. The highest BCUT2D eigenvalue weighted by molar-refractivity contribution is 5.94. The summed E-state index contributed by atoms with van der Waals surface area (Å²) in [7, 11) is 0.693. The second-order valence-corrected chi connectivity index (χ2v) is 2.62. The van der Waals surface area contributed by atoms with Gasteiger partial charge in [-0.25, -0.2) is 0 Å². The topological polar surface area (TPSA) is 20.3 Å². The summed E-state index contributed by atoms with van der Waals surface area (Å²) in [5.74, 6) is -1.08. The summed E-state index contributed by atoms with van der Waals surface area (Å²) in [5, 5.41) is 0. The fourth-order valence-corrected chi connectivity index (χ4v) is 0.838. The molecule has 0 unspecified atom stereocenters. The summed E-state index contributed by atoms with van der Waals surface area (Å²) in [6, 6.07) is 7.95. The van der Waals surface area contributed by atoms with Crippen molar-refractivity contribution in [1.82, 2.24) is 4.90 Å². The van der Waals surface area contributed by atoms with E-state index in [1.54, 1.807) is 0 Å². The Morgan fingerprint density at radius 3 is 2.29 bits per heavy atom. The van der Waals surface area contributed by atoms with E-state index >= 15 is 0 Å². The van der Waals surface area contributed by atoms with Gasteiger partial charge in [0.15, 0.2) is 0 Å². The van der Waals surface area contributed by atoms with Gasteiger partial charge in [0.2, 0.25) is 0 Å². The maximum absolute atomic E-state index is 12.1. The van der Waals surface area contributed by atoms with Crippen LogP contribution in [0.15, 0.2) is 24.3 Å². The molecule has 0 saturated heterocycles. The predicted molar refractivity (Wildman–Crippen MR) is 43.4 cm³/mol. The lowest BCUT2D eigenvalue weighted by molar-refractivity contribution is -0.216. The van der Waals surface area contributed by atoms with E-state index in [4.69, 9.17) is 0 Å². The Kier molecular flexibility index (Phi) is 2.78. The summed E-state index contributed by atoms with van der Waals surface area (Å²) in [4.78, 5) is 10.9. The van der Waals surface area contributed by atoms with Crippen LogP contribution in [-0.4, -0.2) is 24.2 Å². The van der Waals surface area contributed by atoms with Crippen LogP contribution in [0.3, 0.4) is 0 Å². The van der Waals surface area contributed by atoms with Gasteiger partial charge in [0.1, 0.15) is 0 Å². The summed E-state index contributed by atoms with van der Waals surface area (Å²) < 4.78 is 36.2. The normalized spacial score (nSPS) is 11.1. The van der Waals surface area contributed by atoms with Gasteiger partial charge < -0.3 is 0 Å². The molecule has 0 aliphatic carbocycles. The van der Waals surface area contributed by atoms with E-state index in [-0.39, 0.29) is 10.5 Å². The molecule has 0 aromatic heterocycles. The lowest BCUT2D eigenvalue weighted by atomic mass is 10.2. The zero-order valence-electron chi connectivity index (χ0n) is 7.30. The van der Waals surface area contributed by atoms with Crippen LogP contribution in [0.4, 0.5) is 13.2 Å². The molecule has 0 aliphatic heterocycles. The number of hydrogen-bond donors (Lipinski definition) is 0. The highest BCUT2D eigenvalue weighted by Crippen LogP contribution is 2.21. The minimum Gasteiger partial charge on any atom is -0.269 e. The Hall–Kier alpha value is -1.52. The van der Waals surface area contributed by atoms with Crippen molar-refractivity contribution in [3.8, 4) is 0 Å². The molecule has 0 bridgehead atoms. The molecule has 5 heteroatoms. The van der Waals surface area contributed by atoms with Gasteiger partial charge in [-0.2, -0.15) is 0 Å². The average Bonchev–Trinajstić information content (AvgIpc) is 2.15. The van der Waals surface area contributed by atoms with Crippen LogP contribution in [-0.2, 0) is 0 Å². The van der Waals surface area contributed by atoms with Crippen LogP contribution in [0.5, 0.6) is 0 Å². The fourth-order valence-electron chi connectivity index (χ4n) is 0.838. The van der Waals surface area contributed by atoms with E-state index < -0.39 is 12.2 Å². The number of alkyl halides is 3. The first kappa shape index (κ1) is 10.6. The maximum Gasteiger partial charge on any atom is 0.487 e. The van der Waals surface area contributed by atoms with Gasteiger partial charge >= 0.3 is 6.30 Å². The number of carbonyl (C=O) groups excluding carboxylic acids is 1. The highest BCUT2D eigenvalue weighted by atomic mass is 19.4. The molecule has 0 heterocycles. The highest BCUT2D eigenvalue weighted by Gasteiger charge is 2.38. The van der Waals surface area contributed by atoms with Crippen LogP contribution in [0.1, 0.15) is 10.4 Å². The lowest BCUT2D eigenvalue weighted by Gasteiger charge is -2.19. The Labute approximate surface area is 78.9 Å². The van der Waals surface area contributed by atoms with Crippen molar-refractivity contribution >= 4 is 5.91 Å². The summed E-state index contributed by atoms with van der Waals surface area (Å²) in [5.41, 5.74) is -0.0106. The molecule has 14 heavy (non-hydrogen) atoms. The van der Waals surface area contributed by atoms with E-state index in [1.807, 2.05) is 0 Å². The van der Waals surface area contributed by atoms with Crippen LogP contribution in [0.2, 0.25) is 0 Å². The number of amides is 1. The van der Waals surface area contributed by atoms with Crippen molar-refractivity contribution in [3.05, 3.63) is 35.9 Å². The monoisotopic (exact) mass is 202 g/mol. The van der Waals surface area contributed by atoms with Crippen molar-refractivity contribution < 1.29 is 18.0 Å². The second kappa shape index (κ2) is 3.69. The molecule has 1 radical (unpaired) electrons. The molecule has 0 fully saturated rings. The predicted octanol–water partition coefficient (Wildman–Crippen LogP) is 2.08. The molecule has 0 spiro atoms. The molecular formula is C9H7F3NO. The number of hydrogen-bond acceptors (Lipinski definition) is 1. The number of nitrogens with zero attached hydrogens (tertiary/aromatic N) is 1. The largest absolute Gasteiger partial charge is 0.487 e. The van der Waals surface area contributed by atoms with E-state index in [9.17, 15) is 18.0 Å². The van der Waals surface area contributed by atoms with Gasteiger partial charge in [-0.05, 0) is 18.2 Å². The molecule has 0 atom stereocenters. The van der Waals surface area contributed by atoms with Gasteiger partial charge in [0.25, 0.3) is 5.91 Å². The molecule has 1 amide bonds. The van der Waals surface area contributed by atoms with E-state index in [0.29, 0.717) is 7.05 Å². The minimum absolute atomic E-state index is 0.0106. The Morgan fingerprint density at radius 1 is 1.36 bits per heavy atom. The third-order valence-corrected chi connectivity index (χ3v) is 1.65. The zero-order chi connectivity index (χ0) is 10.8. The fraction of sp³-hybridized carbons (Fsp3) is 0.222. The molecule has 0 saturated carbocycles. The molecule has 1 rings (SSSR count). The summed E-state index contributed by atoms with van der Waals surface area (Å²) in [6.45, 7) is 0. The lowest BCUT2D eigenvalue weighted by Crippen LogP contribution is -2.39. The Balaban J connectivity index is 2.87. The maximum atomic E-state index is 12.1. The molecule has 0 aliphatic rings. The van der Waals surface area contributed by atoms with Crippen molar-refractivity contribution in [2.75, 3.05) is 7.05 Å². The first-order valence-corrected chi connectivity index (χ1v) is 3.74. The second-order valence-electron chi connectivity index (χ2n) is 2.62. The number of carbonyl (C=O) groups is 1. The van der Waals surface area contributed by atoms with Crippen molar-refractivity contribution in [3.63, 3.8) is 0 Å². The third-order valence-electron chi connectivity index (χ3n) is 1.65. The van der Waals surface area contributed by atoms with E-state index in [1.165, 1.54) is 24.3 Å². The Bertz CT molecular complexity index is 321. The smallest absolute Gasteiger partial charge is 0.269 e.